The molecule has 3 rings (SSSR count). The van der Waals surface area contributed by atoms with Crippen molar-refractivity contribution in [3.8, 4) is 11.8 Å². The first-order valence-corrected chi connectivity index (χ1v) is 10.2. The third-order valence-corrected chi connectivity index (χ3v) is 4.91. The maximum atomic E-state index is 12.4. The van der Waals surface area contributed by atoms with Crippen molar-refractivity contribution in [2.45, 2.75) is 26.4 Å². The number of carbonyl (C=O) groups is 2. The van der Waals surface area contributed by atoms with Gasteiger partial charge in [0.25, 0.3) is 6.47 Å². The Hall–Kier alpha value is -3.76. The number of halogens is 1. The summed E-state index contributed by atoms with van der Waals surface area (Å²) in [6.45, 7) is 4.18. The SMILES string of the molecule is Cc1noc(C#Cc2ccc(CCOC=O)cc2)c1NC(=O)OC(C)c1ccccc1Cl. The largest absolute Gasteiger partial charge is 0.468 e. The third-order valence-electron chi connectivity index (χ3n) is 4.57. The maximum absolute atomic E-state index is 12.4. The van der Waals surface area contributed by atoms with Crippen molar-refractivity contribution in [2.24, 2.45) is 0 Å². The molecule has 1 N–H and O–H groups in total. The topological polar surface area (TPSA) is 90.7 Å². The van der Waals surface area contributed by atoms with Gasteiger partial charge in [-0.25, -0.2) is 4.79 Å². The van der Waals surface area contributed by atoms with Crippen LogP contribution >= 0.6 is 11.6 Å². The highest BCUT2D eigenvalue weighted by Gasteiger charge is 2.18. The van der Waals surface area contributed by atoms with E-state index in [1.165, 1.54) is 0 Å². The molecule has 0 radical (unpaired) electrons. The van der Waals surface area contributed by atoms with Crippen LogP contribution in [0.1, 0.15) is 41.2 Å². The third kappa shape index (κ3) is 6.13. The monoisotopic (exact) mass is 452 g/mol. The second-order valence-electron chi connectivity index (χ2n) is 6.83. The van der Waals surface area contributed by atoms with Crippen molar-refractivity contribution in [1.29, 1.82) is 0 Å². The van der Waals surface area contributed by atoms with E-state index < -0.39 is 12.2 Å². The maximum Gasteiger partial charge on any atom is 0.412 e. The molecule has 1 amide bonds. The van der Waals surface area contributed by atoms with Gasteiger partial charge in [-0.2, -0.15) is 0 Å². The lowest BCUT2D eigenvalue weighted by Crippen LogP contribution is -2.17. The number of anilines is 1. The first-order chi connectivity index (χ1) is 15.5. The normalized spacial score (nSPS) is 11.1. The summed E-state index contributed by atoms with van der Waals surface area (Å²) in [5, 5.41) is 7.04. The number of nitrogens with one attached hydrogen (secondary N) is 1. The molecule has 1 atom stereocenters. The summed E-state index contributed by atoms with van der Waals surface area (Å²) in [7, 11) is 0. The number of rotatable bonds is 7. The number of hydrogen-bond acceptors (Lipinski definition) is 6. The van der Waals surface area contributed by atoms with Crippen LogP contribution in [0.15, 0.2) is 53.1 Å². The Morgan fingerprint density at radius 3 is 2.69 bits per heavy atom. The fourth-order valence-corrected chi connectivity index (χ4v) is 3.16. The summed E-state index contributed by atoms with van der Waals surface area (Å²) in [4.78, 5) is 22.6. The molecule has 0 aliphatic heterocycles. The lowest BCUT2D eigenvalue weighted by Gasteiger charge is -2.15. The van der Waals surface area contributed by atoms with E-state index in [-0.39, 0.29) is 5.76 Å². The number of carbonyl (C=O) groups excluding carboxylic acids is 2. The van der Waals surface area contributed by atoms with E-state index in [1.807, 2.05) is 30.3 Å². The molecule has 0 aliphatic carbocycles. The van der Waals surface area contributed by atoms with Crippen LogP contribution in [-0.4, -0.2) is 24.3 Å². The second kappa shape index (κ2) is 11.0. The van der Waals surface area contributed by atoms with Gasteiger partial charge >= 0.3 is 6.09 Å². The number of hydrogen-bond donors (Lipinski definition) is 1. The van der Waals surface area contributed by atoms with E-state index in [0.29, 0.717) is 41.5 Å². The van der Waals surface area contributed by atoms with Crippen LogP contribution in [0, 0.1) is 18.8 Å². The average Bonchev–Trinajstić information content (AvgIpc) is 3.12. The summed E-state index contributed by atoms with van der Waals surface area (Å²) in [5.74, 6) is 6.07. The van der Waals surface area contributed by atoms with Crippen molar-refractivity contribution >= 4 is 29.9 Å². The quantitative estimate of drug-likeness (QED) is 0.306. The Labute approximate surface area is 190 Å². The van der Waals surface area contributed by atoms with Crippen LogP contribution in [0.3, 0.4) is 0 Å². The molecule has 7 nitrogen and oxygen atoms in total. The van der Waals surface area contributed by atoms with Gasteiger partial charge in [-0.05, 0) is 43.5 Å². The predicted molar refractivity (Wildman–Crippen MR) is 119 cm³/mol. The van der Waals surface area contributed by atoms with Crippen molar-refractivity contribution < 1.29 is 23.6 Å². The average molecular weight is 453 g/mol. The van der Waals surface area contributed by atoms with Crippen molar-refractivity contribution in [3.63, 3.8) is 0 Å². The summed E-state index contributed by atoms with van der Waals surface area (Å²) in [6, 6.07) is 14.6. The van der Waals surface area contributed by atoms with Gasteiger partial charge in [-0.15, -0.1) is 0 Å². The summed E-state index contributed by atoms with van der Waals surface area (Å²) >= 11 is 6.16. The molecule has 1 aromatic heterocycles. The van der Waals surface area contributed by atoms with Gasteiger partial charge < -0.3 is 14.0 Å². The van der Waals surface area contributed by atoms with Crippen LogP contribution in [-0.2, 0) is 20.7 Å². The Kier molecular flexibility index (Phi) is 7.90. The number of aromatic nitrogens is 1. The van der Waals surface area contributed by atoms with E-state index in [1.54, 1.807) is 32.0 Å². The van der Waals surface area contributed by atoms with Crippen molar-refractivity contribution in [3.05, 3.63) is 81.7 Å². The van der Waals surface area contributed by atoms with Crippen molar-refractivity contribution in [2.75, 3.05) is 11.9 Å². The lowest BCUT2D eigenvalue weighted by atomic mass is 10.1. The zero-order chi connectivity index (χ0) is 22.9. The molecule has 32 heavy (non-hydrogen) atoms. The van der Waals surface area contributed by atoms with Crippen LogP contribution in [0.4, 0.5) is 10.5 Å². The van der Waals surface area contributed by atoms with E-state index in [0.717, 1.165) is 11.1 Å². The van der Waals surface area contributed by atoms with Gasteiger partial charge in [0.15, 0.2) is 0 Å². The molecule has 0 spiro atoms. The van der Waals surface area contributed by atoms with Gasteiger partial charge in [0.2, 0.25) is 5.76 Å². The zero-order valence-corrected chi connectivity index (χ0v) is 18.3. The van der Waals surface area contributed by atoms with E-state index >= 15 is 0 Å². The van der Waals surface area contributed by atoms with Crippen LogP contribution < -0.4 is 5.32 Å². The van der Waals surface area contributed by atoms with Gasteiger partial charge in [-0.1, -0.05) is 53.0 Å². The first kappa shape index (κ1) is 22.9. The molecule has 0 saturated carbocycles. The first-order valence-electron chi connectivity index (χ1n) is 9.82. The number of amides is 1. The molecule has 8 heteroatoms. The van der Waals surface area contributed by atoms with E-state index in [2.05, 4.69) is 22.3 Å². The Bertz CT molecular complexity index is 1150. The standard InChI is InChI=1S/C24H21ClN2O5/c1-16-23(26-24(29)31-17(2)20-5-3-4-6-21(20)25)22(32-27-16)12-11-18-7-9-19(10-8-18)13-14-30-15-28/h3-10,15,17H,13-14H2,1-2H3,(H,26,29). The van der Waals surface area contributed by atoms with Crippen LogP contribution in [0.5, 0.6) is 0 Å². The molecule has 0 aliphatic rings. The van der Waals surface area contributed by atoms with E-state index in [9.17, 15) is 9.59 Å². The van der Waals surface area contributed by atoms with Gasteiger partial charge in [0.1, 0.15) is 17.5 Å². The number of aryl methyl sites for hydroxylation is 1. The fourth-order valence-electron chi connectivity index (χ4n) is 2.87. The Morgan fingerprint density at radius 1 is 1.22 bits per heavy atom. The molecule has 1 heterocycles. The molecule has 164 valence electrons. The van der Waals surface area contributed by atoms with Crippen LogP contribution in [0.25, 0.3) is 0 Å². The zero-order valence-electron chi connectivity index (χ0n) is 17.6. The molecule has 3 aromatic rings. The minimum Gasteiger partial charge on any atom is -0.468 e. The predicted octanol–water partition coefficient (Wildman–Crippen LogP) is 5.06. The highest BCUT2D eigenvalue weighted by molar-refractivity contribution is 6.31. The number of nitrogens with zero attached hydrogens (tertiary/aromatic N) is 1. The van der Waals surface area contributed by atoms with Gasteiger partial charge in [-0.3, -0.25) is 10.1 Å². The molecule has 0 saturated heterocycles. The van der Waals surface area contributed by atoms with Gasteiger partial charge in [0.05, 0.1) is 6.61 Å². The molecular formula is C24H21ClN2O5. The van der Waals surface area contributed by atoms with Crippen molar-refractivity contribution in [1.82, 2.24) is 5.16 Å². The minimum atomic E-state index is -0.673. The molecular weight excluding hydrogens is 432 g/mol. The van der Waals surface area contributed by atoms with E-state index in [4.69, 9.17) is 25.6 Å². The highest BCUT2D eigenvalue weighted by atomic mass is 35.5. The minimum absolute atomic E-state index is 0.216. The van der Waals surface area contributed by atoms with Crippen LogP contribution in [0.2, 0.25) is 5.02 Å². The molecule has 2 aromatic carbocycles. The summed E-state index contributed by atoms with van der Waals surface area (Å²) < 4.78 is 15.4. The molecule has 0 fully saturated rings. The number of ether oxygens (including phenoxy) is 2. The highest BCUT2D eigenvalue weighted by Crippen LogP contribution is 2.26. The Morgan fingerprint density at radius 2 is 1.97 bits per heavy atom. The molecule has 1 unspecified atom stereocenters. The summed E-state index contributed by atoms with van der Waals surface area (Å²) in [6.07, 6.45) is -0.598. The Balaban J connectivity index is 1.66. The fraction of sp³-hybridized carbons (Fsp3) is 0.208. The number of benzene rings is 2. The second-order valence-corrected chi connectivity index (χ2v) is 7.24. The smallest absolute Gasteiger partial charge is 0.412 e. The molecule has 0 bridgehead atoms. The van der Waals surface area contributed by atoms with Gasteiger partial charge in [0, 0.05) is 22.6 Å². The summed E-state index contributed by atoms with van der Waals surface area (Å²) in [5.41, 5.74) is 3.29. The lowest BCUT2D eigenvalue weighted by molar-refractivity contribution is -0.128.